The normalized spacial score (nSPS) is 43.9. The van der Waals surface area contributed by atoms with Crippen molar-refractivity contribution in [2.45, 2.75) is 112 Å². The Morgan fingerprint density at radius 3 is 2.24 bits per heavy atom. The molecular weight excluding hydrogens is 522 g/mol. The average Bonchev–Trinajstić information content (AvgIpc) is 2.92. The number of benzene rings is 1. The van der Waals surface area contributed by atoms with Gasteiger partial charge in [0, 0.05) is 5.41 Å². The number of hydrogen-bond donors (Lipinski definition) is 3. The first kappa shape index (κ1) is 29.7. The molecule has 0 radical (unpaired) electrons. The molecule has 6 rings (SSSR count). The van der Waals surface area contributed by atoms with E-state index in [4.69, 9.17) is 0 Å². The lowest BCUT2D eigenvalue weighted by molar-refractivity contribution is -0.134. The Labute approximate surface area is 252 Å². The van der Waals surface area contributed by atoms with E-state index in [1.165, 1.54) is 12.0 Å². The smallest absolute Gasteiger partial charge is 0.337 e. The van der Waals surface area contributed by atoms with Crippen LogP contribution in [-0.2, 0) is 4.79 Å². The van der Waals surface area contributed by atoms with Crippen LogP contribution in [0.5, 0.6) is 0 Å². The molecule has 0 heterocycles. The Hall–Kier alpha value is -2.40. The molecule has 5 heteroatoms. The fourth-order valence-electron chi connectivity index (χ4n) is 10.9. The van der Waals surface area contributed by atoms with Gasteiger partial charge in [-0.05, 0) is 109 Å². The molecule has 1 aromatic rings. The van der Waals surface area contributed by atoms with Crippen molar-refractivity contribution >= 4 is 17.6 Å². The summed E-state index contributed by atoms with van der Waals surface area (Å²) in [5.74, 6) is -0.325. The van der Waals surface area contributed by atoms with Gasteiger partial charge in [0.05, 0.1) is 17.4 Å². The molecule has 1 amide bonds. The Morgan fingerprint density at radius 1 is 0.833 bits per heavy atom. The van der Waals surface area contributed by atoms with Gasteiger partial charge < -0.3 is 15.5 Å². The van der Waals surface area contributed by atoms with Crippen LogP contribution in [0.25, 0.3) is 0 Å². The number of allylic oxidation sites excluding steroid dienone is 4. The third-order valence-electron chi connectivity index (χ3n) is 14.2. The van der Waals surface area contributed by atoms with Gasteiger partial charge in [0.25, 0.3) is 0 Å². The van der Waals surface area contributed by atoms with Gasteiger partial charge in [-0.15, -0.1) is 0 Å². The monoisotopic (exact) mass is 573 g/mol. The highest BCUT2D eigenvalue weighted by Gasteiger charge is 2.66. The predicted molar refractivity (Wildman–Crippen MR) is 167 cm³/mol. The second kappa shape index (κ2) is 9.30. The first-order valence-corrected chi connectivity index (χ1v) is 16.3. The van der Waals surface area contributed by atoms with E-state index in [1.807, 2.05) is 0 Å². The summed E-state index contributed by atoms with van der Waals surface area (Å²) in [4.78, 5) is 25.7. The highest BCUT2D eigenvalue weighted by molar-refractivity contribution is 6.02. The Bertz CT molecular complexity index is 1390. The molecule has 0 aliphatic heterocycles. The average molecular weight is 574 g/mol. The van der Waals surface area contributed by atoms with E-state index in [2.05, 4.69) is 65.9 Å². The van der Waals surface area contributed by atoms with Crippen molar-refractivity contribution in [2.75, 3.05) is 5.32 Å². The van der Waals surface area contributed by atoms with Crippen molar-refractivity contribution in [3.05, 3.63) is 53.1 Å². The van der Waals surface area contributed by atoms with Crippen molar-refractivity contribution in [3.63, 3.8) is 0 Å². The molecule has 42 heavy (non-hydrogen) atoms. The van der Waals surface area contributed by atoms with Crippen LogP contribution in [0.4, 0.5) is 5.69 Å². The molecule has 0 spiro atoms. The maximum absolute atomic E-state index is 13.9. The van der Waals surface area contributed by atoms with Gasteiger partial charge in [-0.1, -0.05) is 83.9 Å². The van der Waals surface area contributed by atoms with Crippen LogP contribution in [0.15, 0.2) is 47.6 Å². The fraction of sp³-hybridized carbons (Fsp3) is 0.676. The summed E-state index contributed by atoms with van der Waals surface area (Å²) >= 11 is 0. The summed E-state index contributed by atoms with van der Waals surface area (Å²) in [7, 11) is 0. The highest BCUT2D eigenvalue weighted by atomic mass is 16.4. The van der Waals surface area contributed by atoms with Crippen LogP contribution in [0, 0.1) is 44.3 Å². The van der Waals surface area contributed by atoms with Gasteiger partial charge >= 0.3 is 5.97 Å². The molecule has 4 fully saturated rings. The number of fused-ring (bicyclic) bond motifs is 7. The summed E-state index contributed by atoms with van der Waals surface area (Å²) in [6.45, 7) is 16.6. The van der Waals surface area contributed by atoms with Crippen LogP contribution in [0.3, 0.4) is 0 Å². The molecule has 0 bridgehead atoms. The second-order valence-corrected chi connectivity index (χ2v) is 16.5. The number of nitrogens with one attached hydrogen (secondary N) is 1. The van der Waals surface area contributed by atoms with Gasteiger partial charge in [-0.2, -0.15) is 0 Å². The van der Waals surface area contributed by atoms with Crippen LogP contribution in [-0.4, -0.2) is 28.2 Å². The van der Waals surface area contributed by atoms with Crippen molar-refractivity contribution in [1.29, 1.82) is 0 Å². The Morgan fingerprint density at radius 2 is 1.52 bits per heavy atom. The first-order chi connectivity index (χ1) is 19.5. The standard InChI is InChI=1S/C37H51NO4/c1-32(2)27-14-17-37(7)28(35(27,5)16-15-29(32)39)13-12-24-25-22-34(4,19-18-33(25,3)20-21-36(24,37)6)31(42)38-26-11-9-8-10-23(26)30(40)41/h8-13,25,27,29,39H,14-22H2,1-7H3,(H,38,42)(H,40,41)/t25?,27?,29?,33?,34-,35?,36+,37?/m0/s1. The zero-order valence-electron chi connectivity index (χ0n) is 26.8. The third-order valence-corrected chi connectivity index (χ3v) is 14.2. The lowest BCUT2D eigenvalue weighted by Crippen LogP contribution is -2.61. The highest BCUT2D eigenvalue weighted by Crippen LogP contribution is 2.74. The quantitative estimate of drug-likeness (QED) is 0.339. The summed E-state index contributed by atoms with van der Waals surface area (Å²) < 4.78 is 0. The summed E-state index contributed by atoms with van der Waals surface area (Å²) in [5, 5.41) is 23.7. The number of carboxylic acids is 1. The Balaban J connectivity index is 1.36. The molecule has 0 aromatic heterocycles. The van der Waals surface area contributed by atoms with E-state index < -0.39 is 11.4 Å². The van der Waals surface area contributed by atoms with E-state index in [0.717, 1.165) is 51.4 Å². The van der Waals surface area contributed by atoms with Crippen LogP contribution >= 0.6 is 0 Å². The molecule has 228 valence electrons. The van der Waals surface area contributed by atoms with Crippen LogP contribution in [0.1, 0.15) is 117 Å². The third kappa shape index (κ3) is 3.90. The molecule has 1 aromatic carbocycles. The van der Waals surface area contributed by atoms with Crippen molar-refractivity contribution in [1.82, 2.24) is 0 Å². The Kier molecular flexibility index (Phi) is 6.57. The second-order valence-electron chi connectivity index (χ2n) is 16.5. The molecule has 5 nitrogen and oxygen atoms in total. The van der Waals surface area contributed by atoms with E-state index in [1.54, 1.807) is 29.8 Å². The van der Waals surface area contributed by atoms with Gasteiger partial charge in [-0.3, -0.25) is 4.79 Å². The fourth-order valence-corrected chi connectivity index (χ4v) is 10.9. The minimum absolute atomic E-state index is 0.0279. The molecule has 4 saturated carbocycles. The number of para-hydroxylation sites is 1. The molecule has 6 unspecified atom stereocenters. The molecule has 5 aliphatic rings. The van der Waals surface area contributed by atoms with Gasteiger partial charge in [0.2, 0.25) is 5.91 Å². The SMILES string of the molecule is CC12CC[C@](C)(C(=O)Nc3ccccc3C(=O)O)CC1C1=CC=C3C4(C)CCC(O)C(C)(C)C4CCC3(C)[C@]1(C)CC2. The summed E-state index contributed by atoms with van der Waals surface area (Å²) in [5.41, 5.74) is 3.29. The predicted octanol–water partition coefficient (Wildman–Crippen LogP) is 8.41. The maximum atomic E-state index is 13.9. The number of aliphatic hydroxyl groups is 1. The lowest BCUT2D eigenvalue weighted by atomic mass is 9.36. The summed E-state index contributed by atoms with van der Waals surface area (Å²) in [6.07, 6.45) is 13.8. The zero-order valence-corrected chi connectivity index (χ0v) is 26.8. The zero-order chi connectivity index (χ0) is 30.5. The number of amides is 1. The largest absolute Gasteiger partial charge is 0.478 e. The lowest BCUT2D eigenvalue weighted by Gasteiger charge is -2.68. The summed E-state index contributed by atoms with van der Waals surface area (Å²) in [6, 6.07) is 6.70. The van der Waals surface area contributed by atoms with Crippen molar-refractivity contribution in [2.24, 2.45) is 44.3 Å². The molecular formula is C37H51NO4. The van der Waals surface area contributed by atoms with Crippen molar-refractivity contribution in [3.8, 4) is 0 Å². The number of carbonyl (C=O) groups is 2. The minimum atomic E-state index is -1.03. The van der Waals surface area contributed by atoms with Gasteiger partial charge in [0.15, 0.2) is 0 Å². The molecule has 0 saturated heterocycles. The molecule has 3 N–H and O–H groups in total. The number of aromatic carboxylic acids is 1. The first-order valence-electron chi connectivity index (χ1n) is 16.3. The number of hydrogen-bond acceptors (Lipinski definition) is 3. The van der Waals surface area contributed by atoms with E-state index in [9.17, 15) is 19.8 Å². The van der Waals surface area contributed by atoms with Crippen LogP contribution in [0.2, 0.25) is 0 Å². The van der Waals surface area contributed by atoms with Crippen molar-refractivity contribution < 1.29 is 19.8 Å². The number of carboxylic acid groups (broad SMARTS) is 1. The van der Waals surface area contributed by atoms with Gasteiger partial charge in [-0.25, -0.2) is 4.79 Å². The number of rotatable bonds is 3. The number of anilines is 1. The van der Waals surface area contributed by atoms with E-state index >= 15 is 0 Å². The topological polar surface area (TPSA) is 86.6 Å². The minimum Gasteiger partial charge on any atom is -0.478 e. The van der Waals surface area contributed by atoms with Gasteiger partial charge in [0.1, 0.15) is 0 Å². The van der Waals surface area contributed by atoms with E-state index in [-0.39, 0.29) is 44.6 Å². The molecule has 8 atom stereocenters. The van der Waals surface area contributed by atoms with Crippen LogP contribution < -0.4 is 5.32 Å². The number of aliphatic hydroxyl groups excluding tert-OH is 1. The molecule has 5 aliphatic carbocycles. The van der Waals surface area contributed by atoms with E-state index in [0.29, 0.717) is 17.5 Å². The number of carbonyl (C=O) groups excluding carboxylic acids is 1. The maximum Gasteiger partial charge on any atom is 0.337 e.